The molecule has 0 heterocycles. The van der Waals surface area contributed by atoms with Crippen LogP contribution >= 0.6 is 0 Å². The van der Waals surface area contributed by atoms with E-state index in [1.807, 2.05) is 19.1 Å². The molecule has 2 aromatic carbocycles. The molecule has 2 atom stereocenters. The van der Waals surface area contributed by atoms with Gasteiger partial charge in [0.2, 0.25) is 0 Å². The second-order valence-electron chi connectivity index (χ2n) is 11.5. The van der Waals surface area contributed by atoms with Crippen molar-refractivity contribution in [2.24, 2.45) is 0 Å². The lowest BCUT2D eigenvalue weighted by Crippen LogP contribution is -2.66. The molecule has 0 amide bonds. The van der Waals surface area contributed by atoms with E-state index in [1.54, 1.807) is 0 Å². The van der Waals surface area contributed by atoms with Gasteiger partial charge in [-0.05, 0) is 40.5 Å². The monoisotopic (exact) mass is 484 g/mol. The van der Waals surface area contributed by atoms with Crippen molar-refractivity contribution in [3.63, 3.8) is 0 Å². The van der Waals surface area contributed by atoms with Gasteiger partial charge in [-0.25, -0.2) is 0 Å². The van der Waals surface area contributed by atoms with Crippen LogP contribution in [0.1, 0.15) is 48.5 Å². The molecule has 0 radical (unpaired) electrons. The van der Waals surface area contributed by atoms with E-state index in [4.69, 9.17) is 8.85 Å². The Bertz CT molecular complexity index is 841. The summed E-state index contributed by atoms with van der Waals surface area (Å²) in [5.74, 6) is 0. The third-order valence-corrected chi connectivity index (χ3v) is 16.5. The van der Waals surface area contributed by atoms with Crippen molar-refractivity contribution in [3.05, 3.63) is 72.8 Å². The Labute approximate surface area is 204 Å². The zero-order valence-corrected chi connectivity index (χ0v) is 24.1. The van der Waals surface area contributed by atoms with Crippen LogP contribution in [-0.4, -0.2) is 40.6 Å². The lowest BCUT2D eigenvalue weighted by Gasteiger charge is -2.42. The summed E-state index contributed by atoms with van der Waals surface area (Å²) >= 11 is 0. The van der Waals surface area contributed by atoms with Gasteiger partial charge in [-0.2, -0.15) is 0 Å². The van der Waals surface area contributed by atoms with Crippen LogP contribution in [0.3, 0.4) is 0 Å². The number of aliphatic hydroxyl groups excluding tert-OH is 1. The standard InChI is InChI=1S/C28H44O3Si2/c1-23(31-32(8,9)27(2,3)4)26(29)21-16-22-30-33(28(5,6)7,24-17-12-10-13-18-24)25-19-14-11-15-20-25/h10-21,23,26,29H,22H2,1-9H3/b21-16+/t23-,26-/m1/s1. The Kier molecular flexibility index (Phi) is 9.10. The summed E-state index contributed by atoms with van der Waals surface area (Å²) in [6, 6.07) is 21.2. The summed E-state index contributed by atoms with van der Waals surface area (Å²) in [4.78, 5) is 0. The average Bonchev–Trinajstić information content (AvgIpc) is 2.73. The molecule has 0 aromatic heterocycles. The fourth-order valence-electron chi connectivity index (χ4n) is 4.00. The minimum absolute atomic E-state index is 0.0686. The molecular weight excluding hydrogens is 440 g/mol. The summed E-state index contributed by atoms with van der Waals surface area (Å²) in [5.41, 5.74) is 0. The van der Waals surface area contributed by atoms with Gasteiger partial charge in [0, 0.05) is 0 Å². The van der Waals surface area contributed by atoms with Crippen LogP contribution in [0.15, 0.2) is 72.8 Å². The first-order valence-corrected chi connectivity index (χ1v) is 16.8. The van der Waals surface area contributed by atoms with Crippen molar-refractivity contribution in [2.75, 3.05) is 6.61 Å². The van der Waals surface area contributed by atoms with E-state index < -0.39 is 22.7 Å². The lowest BCUT2D eigenvalue weighted by atomic mass is 10.2. The van der Waals surface area contributed by atoms with Crippen LogP contribution in [0.5, 0.6) is 0 Å². The van der Waals surface area contributed by atoms with E-state index in [1.165, 1.54) is 10.4 Å². The van der Waals surface area contributed by atoms with E-state index in [9.17, 15) is 5.11 Å². The van der Waals surface area contributed by atoms with Gasteiger partial charge in [-0.3, -0.25) is 0 Å². The fourth-order valence-corrected chi connectivity index (χ4v) is 9.92. The van der Waals surface area contributed by atoms with E-state index in [0.29, 0.717) is 6.61 Å². The zero-order valence-electron chi connectivity index (χ0n) is 22.1. The Morgan fingerprint density at radius 2 is 1.27 bits per heavy atom. The Morgan fingerprint density at radius 1 is 0.818 bits per heavy atom. The molecule has 182 valence electrons. The summed E-state index contributed by atoms with van der Waals surface area (Å²) in [6.45, 7) is 20.3. The van der Waals surface area contributed by atoms with Gasteiger partial charge in [-0.15, -0.1) is 0 Å². The van der Waals surface area contributed by atoms with Crippen molar-refractivity contribution in [2.45, 2.75) is 83.8 Å². The van der Waals surface area contributed by atoms with Crippen LogP contribution in [-0.2, 0) is 8.85 Å². The van der Waals surface area contributed by atoms with Gasteiger partial charge in [0.25, 0.3) is 8.32 Å². The average molecular weight is 485 g/mol. The SMILES string of the molecule is C[C@@H](O[Si](C)(C)C(C)(C)C)[C@H](O)/C=C/CO[Si](c1ccccc1)(c1ccccc1)C(C)(C)C. The van der Waals surface area contributed by atoms with Crippen molar-refractivity contribution < 1.29 is 14.0 Å². The Morgan fingerprint density at radius 3 is 1.67 bits per heavy atom. The number of aliphatic hydroxyl groups is 1. The molecule has 3 nitrogen and oxygen atoms in total. The molecule has 2 aromatic rings. The van der Waals surface area contributed by atoms with Gasteiger partial charge in [-0.1, -0.05) is 114 Å². The van der Waals surface area contributed by atoms with Crippen molar-refractivity contribution in [3.8, 4) is 0 Å². The van der Waals surface area contributed by atoms with E-state index in [0.717, 1.165) is 0 Å². The highest BCUT2D eigenvalue weighted by Gasteiger charge is 2.49. The Balaban J connectivity index is 2.25. The van der Waals surface area contributed by atoms with Gasteiger partial charge >= 0.3 is 0 Å². The zero-order chi connectivity index (χ0) is 24.9. The predicted molar refractivity (Wildman–Crippen MR) is 146 cm³/mol. The Hall–Kier alpha value is -1.51. The summed E-state index contributed by atoms with van der Waals surface area (Å²) in [7, 11) is -4.51. The highest BCUT2D eigenvalue weighted by molar-refractivity contribution is 6.99. The largest absolute Gasteiger partial charge is 0.411 e. The first kappa shape index (κ1) is 27.7. The van der Waals surface area contributed by atoms with Crippen LogP contribution in [0.4, 0.5) is 0 Å². The minimum atomic E-state index is -2.57. The highest BCUT2D eigenvalue weighted by Crippen LogP contribution is 2.38. The molecule has 2 rings (SSSR count). The number of hydrogen-bond donors (Lipinski definition) is 1. The molecule has 0 aliphatic rings. The third kappa shape index (κ3) is 6.55. The molecule has 0 bridgehead atoms. The molecule has 1 N–H and O–H groups in total. The van der Waals surface area contributed by atoms with Crippen molar-refractivity contribution >= 4 is 27.0 Å². The van der Waals surface area contributed by atoms with Crippen LogP contribution in [0, 0.1) is 0 Å². The maximum atomic E-state index is 10.7. The van der Waals surface area contributed by atoms with Crippen LogP contribution in [0.25, 0.3) is 0 Å². The number of benzene rings is 2. The molecular formula is C28H44O3Si2. The first-order chi connectivity index (χ1) is 15.2. The summed E-state index contributed by atoms with van der Waals surface area (Å²) in [6.07, 6.45) is 2.86. The van der Waals surface area contributed by atoms with Gasteiger partial charge in [0.05, 0.1) is 18.8 Å². The molecule has 0 saturated heterocycles. The number of hydrogen-bond acceptors (Lipinski definition) is 3. The van der Waals surface area contributed by atoms with Crippen molar-refractivity contribution in [1.29, 1.82) is 0 Å². The molecule has 33 heavy (non-hydrogen) atoms. The molecule has 0 aliphatic heterocycles. The third-order valence-electron chi connectivity index (χ3n) is 6.91. The van der Waals surface area contributed by atoms with Gasteiger partial charge < -0.3 is 14.0 Å². The minimum Gasteiger partial charge on any atom is -0.411 e. The van der Waals surface area contributed by atoms with Crippen LogP contribution < -0.4 is 10.4 Å². The fraction of sp³-hybridized carbons (Fsp3) is 0.500. The second kappa shape index (κ2) is 10.8. The van der Waals surface area contributed by atoms with Crippen molar-refractivity contribution in [1.82, 2.24) is 0 Å². The smallest absolute Gasteiger partial charge is 0.261 e. The van der Waals surface area contributed by atoms with E-state index >= 15 is 0 Å². The predicted octanol–water partition coefficient (Wildman–Crippen LogP) is 5.89. The molecule has 5 heteroatoms. The highest BCUT2D eigenvalue weighted by atomic mass is 28.4. The first-order valence-electron chi connectivity index (χ1n) is 12.0. The maximum Gasteiger partial charge on any atom is 0.261 e. The quantitative estimate of drug-likeness (QED) is 0.356. The topological polar surface area (TPSA) is 38.7 Å². The van der Waals surface area contributed by atoms with Gasteiger partial charge in [0.15, 0.2) is 8.32 Å². The van der Waals surface area contributed by atoms with E-state index in [-0.39, 0.29) is 16.2 Å². The van der Waals surface area contributed by atoms with Gasteiger partial charge in [0.1, 0.15) is 0 Å². The summed E-state index contributed by atoms with van der Waals surface area (Å²) < 4.78 is 13.2. The normalized spacial score (nSPS) is 15.6. The second-order valence-corrected chi connectivity index (χ2v) is 20.5. The molecule has 0 fully saturated rings. The number of rotatable bonds is 9. The molecule has 0 aliphatic carbocycles. The maximum absolute atomic E-state index is 10.7. The summed E-state index contributed by atoms with van der Waals surface area (Å²) in [5, 5.41) is 13.3. The van der Waals surface area contributed by atoms with Crippen LogP contribution in [0.2, 0.25) is 23.2 Å². The molecule has 0 saturated carbocycles. The molecule has 0 unspecified atom stereocenters. The van der Waals surface area contributed by atoms with E-state index in [2.05, 4.69) is 115 Å². The molecule has 0 spiro atoms. The lowest BCUT2D eigenvalue weighted by molar-refractivity contribution is 0.0689.